The number of ether oxygens (including phenoxy) is 1. The molecule has 252 valence electrons. The summed E-state index contributed by atoms with van der Waals surface area (Å²) in [6, 6.07) is 10.4. The number of aliphatic imine (C=N–C) groups is 1. The van der Waals surface area contributed by atoms with E-state index in [2.05, 4.69) is 27.7 Å². The number of rotatable bonds is 9. The smallest absolute Gasteiger partial charge is 0.262 e. The number of allylic oxidation sites excluding steroid dienone is 2. The number of morpholine rings is 1. The summed E-state index contributed by atoms with van der Waals surface area (Å²) in [5.74, 6) is -1.30. The third-order valence-corrected chi connectivity index (χ3v) is 10.2. The van der Waals surface area contributed by atoms with Crippen LogP contribution in [-0.2, 0) is 14.3 Å². The molecule has 49 heavy (non-hydrogen) atoms. The van der Waals surface area contributed by atoms with Gasteiger partial charge in [0.2, 0.25) is 11.8 Å². The molecule has 0 radical (unpaired) electrons. The van der Waals surface area contributed by atoms with Gasteiger partial charge in [-0.15, -0.1) is 0 Å². The Morgan fingerprint density at radius 1 is 1.00 bits per heavy atom. The average Bonchev–Trinajstić information content (AvgIpc) is 3.92. The molecule has 4 heterocycles. The molecule has 8 rings (SSSR count). The Balaban J connectivity index is 0.890. The molecule has 4 N–H and O–H groups in total. The van der Waals surface area contributed by atoms with Gasteiger partial charge in [0.1, 0.15) is 6.04 Å². The van der Waals surface area contributed by atoms with E-state index in [-0.39, 0.29) is 30.0 Å². The number of aromatic nitrogens is 2. The Kier molecular flexibility index (Phi) is 8.06. The van der Waals surface area contributed by atoms with E-state index in [9.17, 15) is 19.2 Å². The quantitative estimate of drug-likeness (QED) is 0.229. The van der Waals surface area contributed by atoms with Crippen molar-refractivity contribution in [3.8, 4) is 0 Å². The standard InChI is InChI=1S/C36H38N8O5/c37-33(21-1-2-21)27(30-19-40-29-16-24(4-6-28(29)41-30)43-9-11-49-12-10-43)18-39-23-13-20(14-23)17-38-22-3-5-25-26(15-22)36(48)44(35(25)47)31-7-8-32(45)42-34(31)46/h3-6,15-16,18-21,23,31,38H,1-2,7-14,17,37H2,(H,42,45,46). The maximum absolute atomic E-state index is 13.2. The number of imide groups is 2. The van der Waals surface area contributed by atoms with Gasteiger partial charge < -0.3 is 20.7 Å². The Morgan fingerprint density at radius 2 is 1.80 bits per heavy atom. The molecule has 3 aromatic rings. The monoisotopic (exact) mass is 662 g/mol. The number of hydrogen-bond acceptors (Lipinski definition) is 11. The maximum atomic E-state index is 13.2. The van der Waals surface area contributed by atoms with E-state index in [4.69, 9.17) is 25.4 Å². The van der Waals surface area contributed by atoms with E-state index in [1.165, 1.54) is 0 Å². The molecule has 4 fully saturated rings. The van der Waals surface area contributed by atoms with E-state index in [1.54, 1.807) is 24.4 Å². The number of nitrogens with zero attached hydrogens (tertiary/aromatic N) is 5. The third kappa shape index (κ3) is 6.14. The molecule has 2 aliphatic carbocycles. The number of benzene rings is 2. The van der Waals surface area contributed by atoms with Crippen LogP contribution < -0.4 is 21.3 Å². The van der Waals surface area contributed by atoms with Crippen molar-refractivity contribution in [2.24, 2.45) is 22.6 Å². The summed E-state index contributed by atoms with van der Waals surface area (Å²) in [6.45, 7) is 3.87. The summed E-state index contributed by atoms with van der Waals surface area (Å²) in [6.07, 6.45) is 7.85. The number of nitrogens with two attached hydrogens (primary N) is 1. The van der Waals surface area contributed by atoms with Gasteiger partial charge in [-0.25, -0.2) is 4.98 Å². The molecular weight excluding hydrogens is 624 g/mol. The van der Waals surface area contributed by atoms with Crippen molar-refractivity contribution in [3.05, 3.63) is 65.1 Å². The first kappa shape index (κ1) is 31.1. The Hall–Kier alpha value is -5.17. The van der Waals surface area contributed by atoms with Crippen LogP contribution in [0.4, 0.5) is 11.4 Å². The lowest BCUT2D eigenvalue weighted by atomic mass is 9.80. The van der Waals surface area contributed by atoms with Gasteiger partial charge in [-0.3, -0.25) is 39.4 Å². The van der Waals surface area contributed by atoms with Gasteiger partial charge >= 0.3 is 0 Å². The number of piperidine rings is 1. The summed E-state index contributed by atoms with van der Waals surface area (Å²) in [7, 11) is 0. The highest BCUT2D eigenvalue weighted by Crippen LogP contribution is 2.38. The highest BCUT2D eigenvalue weighted by Gasteiger charge is 2.44. The largest absolute Gasteiger partial charge is 0.401 e. The predicted molar refractivity (Wildman–Crippen MR) is 183 cm³/mol. The Bertz CT molecular complexity index is 1930. The van der Waals surface area contributed by atoms with Gasteiger partial charge in [-0.2, -0.15) is 0 Å². The van der Waals surface area contributed by atoms with E-state index in [0.29, 0.717) is 18.4 Å². The molecule has 0 bridgehead atoms. The SMILES string of the molecule is NC(=C(C=NC1CC(CNc2ccc3c(c2)C(=O)N(C2CCC(=O)NC2=O)C3=O)C1)c1cnc2cc(N3CCOCC3)ccc2n1)C1CC1. The van der Waals surface area contributed by atoms with Crippen molar-refractivity contribution in [3.63, 3.8) is 0 Å². The number of anilines is 2. The Labute approximate surface area is 283 Å². The highest BCUT2D eigenvalue weighted by atomic mass is 16.5. The zero-order valence-electron chi connectivity index (χ0n) is 27.1. The molecule has 3 aliphatic heterocycles. The average molecular weight is 663 g/mol. The summed E-state index contributed by atoms with van der Waals surface area (Å²) in [5.41, 5.74) is 13.1. The van der Waals surface area contributed by atoms with Crippen LogP contribution in [0.25, 0.3) is 16.6 Å². The fourth-order valence-electron chi connectivity index (χ4n) is 7.06. The number of carbonyl (C=O) groups is 4. The van der Waals surface area contributed by atoms with Gasteiger partial charge in [0.25, 0.3) is 11.8 Å². The molecule has 13 heteroatoms. The van der Waals surface area contributed by atoms with Crippen molar-refractivity contribution in [2.75, 3.05) is 43.1 Å². The molecule has 2 aromatic carbocycles. The third-order valence-electron chi connectivity index (χ3n) is 10.2. The summed E-state index contributed by atoms with van der Waals surface area (Å²) >= 11 is 0. The van der Waals surface area contributed by atoms with Crippen molar-refractivity contribution >= 4 is 57.8 Å². The van der Waals surface area contributed by atoms with E-state index in [1.807, 2.05) is 12.3 Å². The normalized spacial score (nSPS) is 24.6. The number of carbonyl (C=O) groups excluding carboxylic acids is 4. The fourth-order valence-corrected chi connectivity index (χ4v) is 7.06. The first-order valence-corrected chi connectivity index (χ1v) is 17.0. The molecular formula is C36H38N8O5. The van der Waals surface area contributed by atoms with Crippen LogP contribution in [0.3, 0.4) is 0 Å². The second kappa shape index (κ2) is 12.7. The first-order chi connectivity index (χ1) is 23.8. The van der Waals surface area contributed by atoms with Crippen LogP contribution in [0.1, 0.15) is 64.9 Å². The van der Waals surface area contributed by atoms with Gasteiger partial charge in [-0.05, 0) is 80.3 Å². The van der Waals surface area contributed by atoms with Crippen LogP contribution in [0.5, 0.6) is 0 Å². The number of hydrogen-bond donors (Lipinski definition) is 3. The van der Waals surface area contributed by atoms with E-state index < -0.39 is 29.7 Å². The van der Waals surface area contributed by atoms with Crippen molar-refractivity contribution in [2.45, 2.75) is 50.6 Å². The molecule has 2 saturated heterocycles. The zero-order chi connectivity index (χ0) is 33.6. The summed E-state index contributed by atoms with van der Waals surface area (Å²) in [5, 5.41) is 5.62. The molecule has 1 aromatic heterocycles. The van der Waals surface area contributed by atoms with Crippen LogP contribution in [0, 0.1) is 11.8 Å². The summed E-state index contributed by atoms with van der Waals surface area (Å²) < 4.78 is 5.49. The van der Waals surface area contributed by atoms with E-state index >= 15 is 0 Å². The van der Waals surface area contributed by atoms with Crippen molar-refractivity contribution in [1.82, 2.24) is 20.2 Å². The molecule has 1 unspecified atom stereocenters. The number of nitrogens with one attached hydrogen (secondary N) is 2. The van der Waals surface area contributed by atoms with Crippen LogP contribution >= 0.6 is 0 Å². The van der Waals surface area contributed by atoms with E-state index in [0.717, 1.165) is 96.3 Å². The van der Waals surface area contributed by atoms with Gasteiger partial charge in [0.05, 0.1) is 53.3 Å². The van der Waals surface area contributed by atoms with Crippen molar-refractivity contribution in [1.29, 1.82) is 0 Å². The molecule has 2 saturated carbocycles. The molecule has 5 aliphatic rings. The fraction of sp³-hybridized carbons (Fsp3) is 0.417. The van der Waals surface area contributed by atoms with Gasteiger partial charge in [0.15, 0.2) is 0 Å². The minimum absolute atomic E-state index is 0.0862. The lowest BCUT2D eigenvalue weighted by Crippen LogP contribution is -2.54. The van der Waals surface area contributed by atoms with Crippen LogP contribution in [0.15, 0.2) is 53.3 Å². The lowest BCUT2D eigenvalue weighted by Gasteiger charge is -2.33. The second-order valence-corrected chi connectivity index (χ2v) is 13.5. The minimum Gasteiger partial charge on any atom is -0.401 e. The molecule has 13 nitrogen and oxygen atoms in total. The summed E-state index contributed by atoms with van der Waals surface area (Å²) in [4.78, 5) is 67.9. The Morgan fingerprint density at radius 3 is 2.57 bits per heavy atom. The molecule has 0 spiro atoms. The van der Waals surface area contributed by atoms with Crippen molar-refractivity contribution < 1.29 is 23.9 Å². The zero-order valence-corrected chi connectivity index (χ0v) is 27.1. The minimum atomic E-state index is -0.981. The second-order valence-electron chi connectivity index (χ2n) is 13.5. The van der Waals surface area contributed by atoms with Crippen LogP contribution in [0.2, 0.25) is 0 Å². The lowest BCUT2D eigenvalue weighted by molar-refractivity contribution is -0.136. The maximum Gasteiger partial charge on any atom is 0.262 e. The number of fused-ring (bicyclic) bond motifs is 2. The predicted octanol–water partition coefficient (Wildman–Crippen LogP) is 2.91. The number of amides is 4. The first-order valence-electron chi connectivity index (χ1n) is 17.0. The van der Waals surface area contributed by atoms with Gasteiger partial charge in [-0.1, -0.05) is 0 Å². The van der Waals surface area contributed by atoms with Gasteiger partial charge in [0, 0.05) is 54.9 Å². The highest BCUT2D eigenvalue weighted by molar-refractivity contribution is 6.23. The molecule has 4 amide bonds. The molecule has 1 atom stereocenters. The van der Waals surface area contributed by atoms with Crippen LogP contribution in [-0.4, -0.2) is 89.6 Å². The topological polar surface area (TPSA) is 172 Å².